The van der Waals surface area contributed by atoms with Crippen molar-refractivity contribution in [3.8, 4) is 11.5 Å². The van der Waals surface area contributed by atoms with E-state index in [2.05, 4.69) is 0 Å². The highest BCUT2D eigenvalue weighted by molar-refractivity contribution is 7.16. The van der Waals surface area contributed by atoms with Gasteiger partial charge in [0.15, 0.2) is 18.1 Å². The first-order valence-electron chi connectivity index (χ1n) is 8.03. The third kappa shape index (κ3) is 4.89. The fourth-order valence-electron chi connectivity index (χ4n) is 2.43. The zero-order valence-corrected chi connectivity index (χ0v) is 15.8. The first-order valence-corrected chi connectivity index (χ1v) is 9.23. The van der Waals surface area contributed by atoms with Crippen LogP contribution in [0.15, 0.2) is 30.3 Å². The first kappa shape index (κ1) is 18.5. The number of rotatable bonds is 7. The van der Waals surface area contributed by atoms with E-state index in [1.165, 1.54) is 16.2 Å². The van der Waals surface area contributed by atoms with Crippen LogP contribution in [0.5, 0.6) is 11.5 Å². The molecular formula is C18H18ClNO5S. The Hall–Kier alpha value is -2.25. The molecule has 0 bridgehead atoms. The molecule has 8 heteroatoms. The summed E-state index contributed by atoms with van der Waals surface area (Å²) in [7, 11) is 1.66. The SMILES string of the molecule is CN(Cc1ccc(Cl)s1)C(=O)COC(=O)CCc1ccc2c(c1)OCO2. The zero-order valence-electron chi connectivity index (χ0n) is 14.2. The second kappa shape index (κ2) is 8.42. The van der Waals surface area contributed by atoms with Crippen molar-refractivity contribution in [1.82, 2.24) is 4.90 Å². The maximum Gasteiger partial charge on any atom is 0.306 e. The van der Waals surface area contributed by atoms with E-state index in [9.17, 15) is 9.59 Å². The van der Waals surface area contributed by atoms with Crippen molar-refractivity contribution >= 4 is 34.8 Å². The van der Waals surface area contributed by atoms with Crippen LogP contribution >= 0.6 is 22.9 Å². The Morgan fingerprint density at radius 1 is 1.23 bits per heavy atom. The number of hydrogen-bond acceptors (Lipinski definition) is 6. The summed E-state index contributed by atoms with van der Waals surface area (Å²) in [5, 5.41) is 0. The summed E-state index contributed by atoms with van der Waals surface area (Å²) in [5.41, 5.74) is 0.948. The lowest BCUT2D eigenvalue weighted by molar-refractivity contribution is -0.151. The Morgan fingerprint density at radius 3 is 2.81 bits per heavy atom. The van der Waals surface area contributed by atoms with E-state index in [-0.39, 0.29) is 25.7 Å². The standard InChI is InChI=1S/C18H18ClNO5S/c1-20(9-13-4-6-16(19)26-13)17(21)10-23-18(22)7-3-12-2-5-14-15(8-12)25-11-24-14/h2,4-6,8H,3,7,9-11H2,1H3. The monoisotopic (exact) mass is 395 g/mol. The van der Waals surface area contributed by atoms with Crippen molar-refractivity contribution in [2.75, 3.05) is 20.4 Å². The average Bonchev–Trinajstić information content (AvgIpc) is 3.25. The molecule has 0 fully saturated rings. The van der Waals surface area contributed by atoms with Crippen LogP contribution in [0.4, 0.5) is 0 Å². The Labute approximate surface area is 160 Å². The van der Waals surface area contributed by atoms with Gasteiger partial charge in [0.1, 0.15) is 0 Å². The highest BCUT2D eigenvalue weighted by Crippen LogP contribution is 2.32. The third-order valence-corrected chi connectivity index (χ3v) is 5.07. The number of aryl methyl sites for hydroxylation is 1. The fourth-order valence-corrected chi connectivity index (χ4v) is 3.57. The van der Waals surface area contributed by atoms with Crippen molar-refractivity contribution in [3.63, 3.8) is 0 Å². The summed E-state index contributed by atoms with van der Waals surface area (Å²) in [6, 6.07) is 9.20. The molecule has 0 N–H and O–H groups in total. The van der Waals surface area contributed by atoms with Gasteiger partial charge in [-0.3, -0.25) is 9.59 Å². The van der Waals surface area contributed by atoms with Crippen molar-refractivity contribution in [3.05, 3.63) is 45.1 Å². The predicted octanol–water partition coefficient (Wildman–Crippen LogP) is 3.26. The molecule has 0 aliphatic carbocycles. The summed E-state index contributed by atoms with van der Waals surface area (Å²) in [6.45, 7) is 0.384. The van der Waals surface area contributed by atoms with Gasteiger partial charge in [-0.1, -0.05) is 17.7 Å². The Kier molecular flexibility index (Phi) is 6.00. The number of ether oxygens (including phenoxy) is 3. The largest absolute Gasteiger partial charge is 0.456 e. The van der Waals surface area contributed by atoms with E-state index in [0.717, 1.165) is 10.4 Å². The quantitative estimate of drug-likeness (QED) is 0.673. The molecule has 1 aliphatic heterocycles. The predicted molar refractivity (Wildman–Crippen MR) is 97.6 cm³/mol. The topological polar surface area (TPSA) is 65.1 Å². The average molecular weight is 396 g/mol. The number of halogens is 1. The number of carbonyl (C=O) groups excluding carboxylic acids is 2. The Bertz CT molecular complexity index is 807. The number of esters is 1. The van der Waals surface area contributed by atoms with Crippen LogP contribution in [0, 0.1) is 0 Å². The van der Waals surface area contributed by atoms with E-state index in [4.69, 9.17) is 25.8 Å². The van der Waals surface area contributed by atoms with Crippen molar-refractivity contribution in [2.45, 2.75) is 19.4 Å². The molecule has 2 aromatic rings. The Morgan fingerprint density at radius 2 is 2.04 bits per heavy atom. The number of thiophene rings is 1. The van der Waals surface area contributed by atoms with E-state index in [1.807, 2.05) is 24.3 Å². The molecule has 138 valence electrons. The minimum Gasteiger partial charge on any atom is -0.456 e. The lowest BCUT2D eigenvalue weighted by Crippen LogP contribution is -2.30. The van der Waals surface area contributed by atoms with Crippen molar-refractivity contribution < 1.29 is 23.8 Å². The number of amides is 1. The third-order valence-electron chi connectivity index (χ3n) is 3.86. The molecule has 0 unspecified atom stereocenters. The van der Waals surface area contributed by atoms with Gasteiger partial charge >= 0.3 is 5.97 Å². The van der Waals surface area contributed by atoms with Gasteiger partial charge in [0.2, 0.25) is 6.79 Å². The molecule has 0 atom stereocenters. The molecule has 3 rings (SSSR count). The van der Waals surface area contributed by atoms with E-state index < -0.39 is 5.97 Å². The van der Waals surface area contributed by atoms with Crippen LogP contribution < -0.4 is 9.47 Å². The molecule has 0 saturated heterocycles. The van der Waals surface area contributed by atoms with Crippen molar-refractivity contribution in [1.29, 1.82) is 0 Å². The number of fused-ring (bicyclic) bond motifs is 1. The minimum absolute atomic E-state index is 0.192. The van der Waals surface area contributed by atoms with Crippen molar-refractivity contribution in [2.24, 2.45) is 0 Å². The molecule has 0 radical (unpaired) electrons. The molecule has 1 aliphatic rings. The summed E-state index contributed by atoms with van der Waals surface area (Å²) in [6.07, 6.45) is 0.699. The van der Waals surface area contributed by atoms with Gasteiger partial charge in [0, 0.05) is 18.3 Å². The summed E-state index contributed by atoms with van der Waals surface area (Å²) in [5.74, 6) is 0.716. The summed E-state index contributed by atoms with van der Waals surface area (Å²) >= 11 is 7.29. The highest BCUT2D eigenvalue weighted by atomic mass is 35.5. The normalized spacial score (nSPS) is 12.1. The maximum absolute atomic E-state index is 12.1. The van der Waals surface area contributed by atoms with Gasteiger partial charge in [-0.05, 0) is 36.2 Å². The molecule has 1 aromatic carbocycles. The number of carbonyl (C=O) groups is 2. The second-order valence-electron chi connectivity index (χ2n) is 5.80. The minimum atomic E-state index is -0.413. The number of benzene rings is 1. The van der Waals surface area contributed by atoms with Crippen LogP contribution in [-0.2, 0) is 27.3 Å². The maximum atomic E-state index is 12.1. The molecule has 1 aromatic heterocycles. The van der Waals surface area contributed by atoms with Crippen LogP contribution in [0.2, 0.25) is 4.34 Å². The van der Waals surface area contributed by atoms with Crippen LogP contribution in [-0.4, -0.2) is 37.2 Å². The molecule has 6 nitrogen and oxygen atoms in total. The van der Waals surface area contributed by atoms with Gasteiger partial charge in [-0.15, -0.1) is 11.3 Å². The van der Waals surface area contributed by atoms with Gasteiger partial charge in [-0.2, -0.15) is 0 Å². The highest BCUT2D eigenvalue weighted by Gasteiger charge is 2.15. The molecular weight excluding hydrogens is 378 g/mol. The lowest BCUT2D eigenvalue weighted by atomic mass is 10.1. The smallest absolute Gasteiger partial charge is 0.306 e. The molecule has 2 heterocycles. The van der Waals surface area contributed by atoms with Crippen LogP contribution in [0.25, 0.3) is 0 Å². The molecule has 0 spiro atoms. The summed E-state index contributed by atoms with van der Waals surface area (Å²) < 4.78 is 16.3. The lowest BCUT2D eigenvalue weighted by Gasteiger charge is -2.16. The van der Waals surface area contributed by atoms with E-state index in [0.29, 0.717) is 28.8 Å². The number of nitrogens with zero attached hydrogens (tertiary/aromatic N) is 1. The number of hydrogen-bond donors (Lipinski definition) is 0. The number of likely N-dealkylation sites (N-methyl/N-ethyl adjacent to an activating group) is 1. The van der Waals surface area contributed by atoms with Gasteiger partial charge in [-0.25, -0.2) is 0 Å². The molecule has 1 amide bonds. The second-order valence-corrected chi connectivity index (χ2v) is 7.60. The summed E-state index contributed by atoms with van der Waals surface area (Å²) in [4.78, 5) is 26.4. The zero-order chi connectivity index (χ0) is 18.5. The van der Waals surface area contributed by atoms with Gasteiger partial charge in [0.05, 0.1) is 10.9 Å². The van der Waals surface area contributed by atoms with E-state index >= 15 is 0 Å². The Balaban J connectivity index is 1.40. The first-order chi connectivity index (χ1) is 12.5. The molecule has 0 saturated carbocycles. The van der Waals surface area contributed by atoms with Gasteiger partial charge < -0.3 is 19.1 Å². The molecule has 26 heavy (non-hydrogen) atoms. The van der Waals surface area contributed by atoms with E-state index in [1.54, 1.807) is 13.1 Å². The van der Waals surface area contributed by atoms with Gasteiger partial charge in [0.25, 0.3) is 5.91 Å². The van der Waals surface area contributed by atoms with Crippen LogP contribution in [0.3, 0.4) is 0 Å². The van der Waals surface area contributed by atoms with Crippen LogP contribution in [0.1, 0.15) is 16.9 Å². The fraction of sp³-hybridized carbons (Fsp3) is 0.333.